The average Bonchev–Trinajstić information content (AvgIpc) is 2.85. The molecule has 0 radical (unpaired) electrons. The van der Waals surface area contributed by atoms with Crippen molar-refractivity contribution in [1.29, 1.82) is 0 Å². The molecule has 0 saturated carbocycles. The zero-order valence-corrected chi connectivity index (χ0v) is 11.6. The second-order valence-corrected chi connectivity index (χ2v) is 4.90. The highest BCUT2D eigenvalue weighted by molar-refractivity contribution is 5.93. The van der Waals surface area contributed by atoms with Crippen molar-refractivity contribution in [2.24, 2.45) is 0 Å². The molecule has 2 N–H and O–H groups in total. The van der Waals surface area contributed by atoms with Crippen LogP contribution in [0, 0.1) is 0 Å². The van der Waals surface area contributed by atoms with Gasteiger partial charge in [0.2, 0.25) is 11.8 Å². The fourth-order valence-electron chi connectivity index (χ4n) is 2.10. The number of nitrogens with zero attached hydrogens (tertiary/aromatic N) is 2. The molecule has 20 heavy (non-hydrogen) atoms. The summed E-state index contributed by atoms with van der Waals surface area (Å²) in [5, 5.41) is 9.31. The van der Waals surface area contributed by atoms with Gasteiger partial charge < -0.3 is 15.4 Å². The van der Waals surface area contributed by atoms with E-state index in [-0.39, 0.29) is 24.5 Å². The summed E-state index contributed by atoms with van der Waals surface area (Å²) in [6.07, 6.45) is 6.92. The van der Waals surface area contributed by atoms with E-state index in [4.69, 9.17) is 4.74 Å². The number of rotatable bonds is 5. The van der Waals surface area contributed by atoms with E-state index in [1.54, 1.807) is 17.1 Å². The Morgan fingerprint density at radius 3 is 3.05 bits per heavy atom. The van der Waals surface area contributed by atoms with Crippen LogP contribution in [-0.2, 0) is 20.9 Å². The van der Waals surface area contributed by atoms with Gasteiger partial charge in [-0.05, 0) is 19.3 Å². The normalized spacial score (nSPS) is 18.6. The van der Waals surface area contributed by atoms with Crippen LogP contribution in [-0.4, -0.2) is 40.9 Å². The molecule has 0 spiro atoms. The monoisotopic (exact) mass is 280 g/mol. The first kappa shape index (κ1) is 14.5. The molecule has 2 heterocycles. The van der Waals surface area contributed by atoms with Gasteiger partial charge in [0.1, 0.15) is 0 Å². The third-order valence-electron chi connectivity index (χ3n) is 3.08. The highest BCUT2D eigenvalue weighted by Gasteiger charge is 2.15. The van der Waals surface area contributed by atoms with E-state index in [9.17, 15) is 9.59 Å². The summed E-state index contributed by atoms with van der Waals surface area (Å²) in [6.45, 7) is 2.84. The molecule has 1 fully saturated rings. The number of carbonyl (C=O) groups is 2. The topological polar surface area (TPSA) is 85.3 Å². The minimum atomic E-state index is -0.270. The molecule has 110 valence electrons. The van der Waals surface area contributed by atoms with Crippen molar-refractivity contribution in [3.63, 3.8) is 0 Å². The molecule has 1 unspecified atom stereocenters. The predicted molar refractivity (Wildman–Crippen MR) is 73.1 cm³/mol. The average molecular weight is 280 g/mol. The van der Waals surface area contributed by atoms with Crippen LogP contribution in [0.5, 0.6) is 0 Å². The summed E-state index contributed by atoms with van der Waals surface area (Å²) in [5.41, 5.74) is 0.621. The highest BCUT2D eigenvalue weighted by atomic mass is 16.5. The van der Waals surface area contributed by atoms with E-state index in [0.717, 1.165) is 19.4 Å². The van der Waals surface area contributed by atoms with Crippen LogP contribution in [0.4, 0.5) is 5.69 Å². The van der Waals surface area contributed by atoms with Crippen LogP contribution in [0.2, 0.25) is 0 Å². The number of nitrogens with one attached hydrogen (secondary N) is 2. The summed E-state index contributed by atoms with van der Waals surface area (Å²) >= 11 is 0. The first-order valence-electron chi connectivity index (χ1n) is 6.82. The largest absolute Gasteiger partial charge is 0.376 e. The third-order valence-corrected chi connectivity index (χ3v) is 3.08. The molecule has 0 aromatic carbocycles. The van der Waals surface area contributed by atoms with E-state index in [1.165, 1.54) is 13.3 Å². The molecule has 7 heteroatoms. The minimum Gasteiger partial charge on any atom is -0.376 e. The van der Waals surface area contributed by atoms with E-state index < -0.39 is 0 Å². The van der Waals surface area contributed by atoms with Crippen molar-refractivity contribution in [3.8, 4) is 0 Å². The van der Waals surface area contributed by atoms with Crippen molar-refractivity contribution in [2.75, 3.05) is 18.5 Å². The van der Waals surface area contributed by atoms with Gasteiger partial charge in [0.25, 0.3) is 0 Å². The Morgan fingerprint density at radius 1 is 1.50 bits per heavy atom. The lowest BCUT2D eigenvalue weighted by atomic mass is 10.1. The maximum atomic E-state index is 11.5. The van der Waals surface area contributed by atoms with Gasteiger partial charge in [-0.3, -0.25) is 14.3 Å². The molecule has 1 aromatic heterocycles. The standard InChI is InChI=1S/C13H20N4O3/c1-10(18)14-7-13(19)16-11-6-15-17(8-11)9-12-4-2-3-5-20-12/h6,8,12H,2-5,7,9H2,1H3,(H,14,18)(H,16,19). The van der Waals surface area contributed by atoms with Gasteiger partial charge in [0.15, 0.2) is 0 Å². The highest BCUT2D eigenvalue weighted by Crippen LogP contribution is 2.15. The molecule has 1 saturated heterocycles. The van der Waals surface area contributed by atoms with Crippen molar-refractivity contribution >= 4 is 17.5 Å². The van der Waals surface area contributed by atoms with Crippen LogP contribution >= 0.6 is 0 Å². The number of amides is 2. The Balaban J connectivity index is 1.79. The lowest BCUT2D eigenvalue weighted by molar-refractivity contribution is -0.122. The van der Waals surface area contributed by atoms with Crippen LogP contribution in [0.15, 0.2) is 12.4 Å². The first-order chi connectivity index (χ1) is 9.63. The molecular formula is C13H20N4O3. The zero-order chi connectivity index (χ0) is 14.4. The maximum absolute atomic E-state index is 11.5. The number of hydrogen-bond acceptors (Lipinski definition) is 4. The molecular weight excluding hydrogens is 260 g/mol. The van der Waals surface area contributed by atoms with Gasteiger partial charge in [0, 0.05) is 19.7 Å². The van der Waals surface area contributed by atoms with Gasteiger partial charge in [-0.25, -0.2) is 0 Å². The minimum absolute atomic E-state index is 0.0355. The molecule has 2 rings (SSSR count). The molecule has 1 atom stereocenters. The SMILES string of the molecule is CC(=O)NCC(=O)Nc1cnn(CC2CCCCO2)c1. The summed E-state index contributed by atoms with van der Waals surface area (Å²) in [4.78, 5) is 22.2. The van der Waals surface area contributed by atoms with Gasteiger partial charge in [-0.15, -0.1) is 0 Å². The van der Waals surface area contributed by atoms with E-state index in [2.05, 4.69) is 15.7 Å². The molecule has 1 aliphatic heterocycles. The molecule has 2 amide bonds. The molecule has 0 aliphatic carbocycles. The number of carbonyl (C=O) groups excluding carboxylic acids is 2. The quantitative estimate of drug-likeness (QED) is 0.823. The smallest absolute Gasteiger partial charge is 0.243 e. The summed E-state index contributed by atoms with van der Waals surface area (Å²) in [7, 11) is 0. The Bertz CT molecular complexity index is 466. The number of hydrogen-bond donors (Lipinski definition) is 2. The number of aromatic nitrogens is 2. The molecule has 1 aliphatic rings. The Morgan fingerprint density at radius 2 is 2.35 bits per heavy atom. The predicted octanol–water partition coefficient (Wildman–Crippen LogP) is 0.527. The van der Waals surface area contributed by atoms with E-state index >= 15 is 0 Å². The number of anilines is 1. The van der Waals surface area contributed by atoms with Crippen molar-refractivity contribution < 1.29 is 14.3 Å². The van der Waals surface area contributed by atoms with Crippen LogP contribution < -0.4 is 10.6 Å². The molecule has 7 nitrogen and oxygen atoms in total. The van der Waals surface area contributed by atoms with Crippen LogP contribution in [0.3, 0.4) is 0 Å². The second-order valence-electron chi connectivity index (χ2n) is 4.90. The van der Waals surface area contributed by atoms with Crippen molar-refractivity contribution in [2.45, 2.75) is 38.8 Å². The Kier molecular flexibility index (Phi) is 5.11. The molecule has 1 aromatic rings. The number of ether oxygens (including phenoxy) is 1. The fourth-order valence-corrected chi connectivity index (χ4v) is 2.10. The van der Waals surface area contributed by atoms with Crippen LogP contribution in [0.1, 0.15) is 26.2 Å². The fraction of sp³-hybridized carbons (Fsp3) is 0.615. The zero-order valence-electron chi connectivity index (χ0n) is 11.6. The van der Waals surface area contributed by atoms with Gasteiger partial charge >= 0.3 is 0 Å². The summed E-state index contributed by atoms with van der Waals surface area (Å²) < 4.78 is 7.41. The third kappa shape index (κ3) is 4.65. The van der Waals surface area contributed by atoms with E-state index in [1.807, 2.05) is 0 Å². The van der Waals surface area contributed by atoms with Gasteiger partial charge in [0.05, 0.1) is 31.1 Å². The maximum Gasteiger partial charge on any atom is 0.243 e. The van der Waals surface area contributed by atoms with Gasteiger partial charge in [-0.1, -0.05) is 0 Å². The first-order valence-corrected chi connectivity index (χ1v) is 6.82. The Hall–Kier alpha value is -1.89. The Labute approximate surface area is 117 Å². The van der Waals surface area contributed by atoms with Crippen LogP contribution in [0.25, 0.3) is 0 Å². The molecule has 0 bridgehead atoms. The van der Waals surface area contributed by atoms with Gasteiger partial charge in [-0.2, -0.15) is 5.10 Å². The van der Waals surface area contributed by atoms with Crippen molar-refractivity contribution in [3.05, 3.63) is 12.4 Å². The second kappa shape index (κ2) is 7.04. The summed E-state index contributed by atoms with van der Waals surface area (Å²) in [5.74, 6) is -0.501. The lowest BCUT2D eigenvalue weighted by Gasteiger charge is -2.22. The lowest BCUT2D eigenvalue weighted by Crippen LogP contribution is -2.31. The van der Waals surface area contributed by atoms with E-state index in [0.29, 0.717) is 12.2 Å². The van der Waals surface area contributed by atoms with Crippen molar-refractivity contribution in [1.82, 2.24) is 15.1 Å². The summed E-state index contributed by atoms with van der Waals surface area (Å²) in [6, 6.07) is 0.